The summed E-state index contributed by atoms with van der Waals surface area (Å²) in [5.74, 6) is -0.282. The van der Waals surface area contributed by atoms with E-state index in [0.29, 0.717) is 16.9 Å². The molecular weight excluding hydrogens is 260 g/mol. The van der Waals surface area contributed by atoms with Crippen LogP contribution in [0.1, 0.15) is 17.9 Å². The summed E-state index contributed by atoms with van der Waals surface area (Å²) in [7, 11) is 1.54. The van der Waals surface area contributed by atoms with E-state index in [1.165, 1.54) is 19.2 Å². The van der Waals surface area contributed by atoms with Crippen molar-refractivity contribution in [2.75, 3.05) is 7.11 Å². The van der Waals surface area contributed by atoms with E-state index in [4.69, 9.17) is 10.5 Å². The van der Waals surface area contributed by atoms with E-state index >= 15 is 0 Å². The Labute approximate surface area is 116 Å². The molecule has 2 aromatic rings. The van der Waals surface area contributed by atoms with Gasteiger partial charge in [-0.3, -0.25) is 0 Å². The molecular formula is C16H15F2NO. The monoisotopic (exact) mass is 275 g/mol. The fourth-order valence-electron chi connectivity index (χ4n) is 2.43. The van der Waals surface area contributed by atoms with Gasteiger partial charge in [-0.2, -0.15) is 0 Å². The molecule has 1 fully saturated rings. The third-order valence-electron chi connectivity index (χ3n) is 3.71. The zero-order valence-corrected chi connectivity index (χ0v) is 11.1. The molecule has 104 valence electrons. The highest BCUT2D eigenvalue weighted by Gasteiger charge is 2.37. The van der Waals surface area contributed by atoms with Gasteiger partial charge in [-0.15, -0.1) is 0 Å². The molecule has 0 amide bonds. The first-order chi connectivity index (χ1) is 9.60. The smallest absolute Gasteiger partial charge is 0.131 e. The summed E-state index contributed by atoms with van der Waals surface area (Å²) in [5.41, 5.74) is 6.90. The van der Waals surface area contributed by atoms with Crippen LogP contribution >= 0.6 is 0 Å². The van der Waals surface area contributed by atoms with Crippen molar-refractivity contribution < 1.29 is 13.5 Å². The standard InChI is InChI=1S/C16H15F2NO/c1-20-10-4-2-3-9(5-10)11-6-15(18)12(7-14(11)17)13-8-16(13)19/h2-7,13,16H,8,19H2,1H3/t13-,16+/m1/s1. The molecule has 2 aromatic carbocycles. The third-order valence-corrected chi connectivity index (χ3v) is 3.71. The summed E-state index contributed by atoms with van der Waals surface area (Å²) in [5, 5.41) is 0. The van der Waals surface area contributed by atoms with Crippen LogP contribution in [0, 0.1) is 11.6 Å². The summed E-state index contributed by atoms with van der Waals surface area (Å²) in [6, 6.07) is 9.37. The van der Waals surface area contributed by atoms with Crippen LogP contribution in [0.3, 0.4) is 0 Å². The Balaban J connectivity index is 2.03. The second kappa shape index (κ2) is 4.87. The SMILES string of the molecule is COc1cccc(-c2cc(F)c([C@H]3C[C@@H]3N)cc2F)c1. The van der Waals surface area contributed by atoms with Gasteiger partial charge in [0.25, 0.3) is 0 Å². The molecule has 20 heavy (non-hydrogen) atoms. The second-order valence-corrected chi connectivity index (χ2v) is 5.09. The van der Waals surface area contributed by atoms with Crippen LogP contribution in [0.5, 0.6) is 5.75 Å². The van der Waals surface area contributed by atoms with Crippen molar-refractivity contribution in [1.82, 2.24) is 0 Å². The van der Waals surface area contributed by atoms with E-state index in [1.54, 1.807) is 24.3 Å². The molecule has 2 nitrogen and oxygen atoms in total. The molecule has 0 heterocycles. The summed E-state index contributed by atoms with van der Waals surface area (Å²) < 4.78 is 33.4. The molecule has 0 aromatic heterocycles. The Kier molecular flexibility index (Phi) is 3.18. The average Bonchev–Trinajstić information content (AvgIpc) is 3.17. The fraction of sp³-hybridized carbons (Fsp3) is 0.250. The number of rotatable bonds is 3. The van der Waals surface area contributed by atoms with E-state index in [9.17, 15) is 8.78 Å². The Bertz CT molecular complexity index is 657. The number of hydrogen-bond donors (Lipinski definition) is 1. The van der Waals surface area contributed by atoms with E-state index in [1.807, 2.05) is 0 Å². The van der Waals surface area contributed by atoms with Crippen molar-refractivity contribution in [3.05, 3.63) is 53.6 Å². The average molecular weight is 275 g/mol. The number of benzene rings is 2. The van der Waals surface area contributed by atoms with Gasteiger partial charge in [0.05, 0.1) is 7.11 Å². The van der Waals surface area contributed by atoms with E-state index in [-0.39, 0.29) is 17.5 Å². The van der Waals surface area contributed by atoms with E-state index in [0.717, 1.165) is 6.42 Å². The fourth-order valence-corrected chi connectivity index (χ4v) is 2.43. The highest BCUT2D eigenvalue weighted by molar-refractivity contribution is 5.66. The molecule has 3 rings (SSSR count). The molecule has 2 N–H and O–H groups in total. The van der Waals surface area contributed by atoms with Crippen LogP contribution in [0.2, 0.25) is 0 Å². The molecule has 1 saturated carbocycles. The van der Waals surface area contributed by atoms with E-state index in [2.05, 4.69) is 0 Å². The van der Waals surface area contributed by atoms with Crippen molar-refractivity contribution in [3.63, 3.8) is 0 Å². The molecule has 0 saturated heterocycles. The number of halogens is 2. The normalized spacial score (nSPS) is 20.8. The highest BCUT2D eigenvalue weighted by Crippen LogP contribution is 2.41. The zero-order valence-electron chi connectivity index (χ0n) is 11.1. The quantitative estimate of drug-likeness (QED) is 0.931. The lowest BCUT2D eigenvalue weighted by Gasteiger charge is -2.09. The van der Waals surface area contributed by atoms with Gasteiger partial charge in [0.15, 0.2) is 0 Å². The maximum atomic E-state index is 14.2. The number of hydrogen-bond acceptors (Lipinski definition) is 2. The van der Waals surface area contributed by atoms with Crippen LogP contribution in [-0.4, -0.2) is 13.2 Å². The van der Waals surface area contributed by atoms with Crippen molar-refractivity contribution in [2.45, 2.75) is 18.4 Å². The zero-order chi connectivity index (χ0) is 14.3. The molecule has 0 radical (unpaired) electrons. The third kappa shape index (κ3) is 2.27. The first-order valence-electron chi connectivity index (χ1n) is 6.49. The van der Waals surface area contributed by atoms with E-state index < -0.39 is 11.6 Å². The van der Waals surface area contributed by atoms with Gasteiger partial charge in [-0.25, -0.2) is 8.78 Å². The van der Waals surface area contributed by atoms with Crippen LogP contribution in [0.25, 0.3) is 11.1 Å². The molecule has 4 heteroatoms. The predicted molar refractivity (Wildman–Crippen MR) is 73.7 cm³/mol. The Morgan fingerprint density at radius 1 is 1.15 bits per heavy atom. The van der Waals surface area contributed by atoms with Crippen LogP contribution < -0.4 is 10.5 Å². The summed E-state index contributed by atoms with van der Waals surface area (Å²) in [6.07, 6.45) is 0.717. The van der Waals surface area contributed by atoms with Gasteiger partial charge in [0, 0.05) is 17.5 Å². The van der Waals surface area contributed by atoms with Gasteiger partial charge in [0.2, 0.25) is 0 Å². The van der Waals surface area contributed by atoms with Crippen molar-refractivity contribution in [3.8, 4) is 16.9 Å². The molecule has 2 atom stereocenters. The number of methoxy groups -OCH3 is 1. The Morgan fingerprint density at radius 3 is 2.55 bits per heavy atom. The lowest BCUT2D eigenvalue weighted by molar-refractivity contribution is 0.415. The minimum atomic E-state index is -0.436. The maximum absolute atomic E-state index is 14.2. The van der Waals surface area contributed by atoms with Gasteiger partial charge in [-0.1, -0.05) is 12.1 Å². The lowest BCUT2D eigenvalue weighted by atomic mass is 10.0. The van der Waals surface area contributed by atoms with Gasteiger partial charge < -0.3 is 10.5 Å². The number of nitrogens with two attached hydrogens (primary N) is 1. The summed E-state index contributed by atoms with van der Waals surface area (Å²) in [6.45, 7) is 0. The molecule has 0 unspecified atom stereocenters. The minimum Gasteiger partial charge on any atom is -0.497 e. The largest absolute Gasteiger partial charge is 0.497 e. The first-order valence-corrected chi connectivity index (χ1v) is 6.49. The van der Waals surface area contributed by atoms with Crippen LogP contribution in [0.15, 0.2) is 36.4 Å². The minimum absolute atomic E-state index is 0.0495. The molecule has 1 aliphatic carbocycles. The van der Waals surface area contributed by atoms with Gasteiger partial charge in [-0.05, 0) is 41.8 Å². The number of ether oxygens (including phenoxy) is 1. The van der Waals surface area contributed by atoms with Crippen LogP contribution in [-0.2, 0) is 0 Å². The maximum Gasteiger partial charge on any atom is 0.131 e. The molecule has 1 aliphatic rings. The first kappa shape index (κ1) is 13.1. The summed E-state index contributed by atoms with van der Waals surface area (Å²) in [4.78, 5) is 0. The van der Waals surface area contributed by atoms with Crippen molar-refractivity contribution in [1.29, 1.82) is 0 Å². The van der Waals surface area contributed by atoms with Crippen LogP contribution in [0.4, 0.5) is 8.78 Å². The molecule has 0 aliphatic heterocycles. The molecule has 0 bridgehead atoms. The van der Waals surface area contributed by atoms with Crippen molar-refractivity contribution >= 4 is 0 Å². The predicted octanol–water partition coefficient (Wildman–Crippen LogP) is 3.46. The second-order valence-electron chi connectivity index (χ2n) is 5.09. The Morgan fingerprint density at radius 2 is 1.90 bits per heavy atom. The van der Waals surface area contributed by atoms with Gasteiger partial charge >= 0.3 is 0 Å². The molecule has 0 spiro atoms. The highest BCUT2D eigenvalue weighted by atomic mass is 19.1. The summed E-state index contributed by atoms with van der Waals surface area (Å²) >= 11 is 0. The van der Waals surface area contributed by atoms with Crippen molar-refractivity contribution in [2.24, 2.45) is 5.73 Å². The lowest BCUT2D eigenvalue weighted by Crippen LogP contribution is -2.03. The van der Waals surface area contributed by atoms with Gasteiger partial charge in [0.1, 0.15) is 17.4 Å². The topological polar surface area (TPSA) is 35.2 Å². The Hall–Kier alpha value is -1.94.